The van der Waals surface area contributed by atoms with Crippen molar-refractivity contribution in [2.45, 2.75) is 34.2 Å². The number of anilines is 1. The van der Waals surface area contributed by atoms with Gasteiger partial charge in [-0.05, 0) is 37.5 Å². The van der Waals surface area contributed by atoms with Crippen molar-refractivity contribution < 1.29 is 9.59 Å². The van der Waals surface area contributed by atoms with Gasteiger partial charge in [0.2, 0.25) is 11.8 Å². The lowest BCUT2D eigenvalue weighted by molar-refractivity contribution is -0.133. The molecule has 0 radical (unpaired) electrons. The maximum Gasteiger partial charge on any atom is 0.244 e. The van der Waals surface area contributed by atoms with Gasteiger partial charge >= 0.3 is 0 Å². The minimum absolute atomic E-state index is 0.0387. The molecule has 126 valence electrons. The quantitative estimate of drug-likeness (QED) is 0.913. The van der Waals surface area contributed by atoms with Crippen LogP contribution in [0.1, 0.15) is 29.2 Å². The van der Waals surface area contributed by atoms with Crippen LogP contribution in [-0.4, -0.2) is 23.3 Å². The van der Waals surface area contributed by atoms with E-state index >= 15 is 0 Å². The molecular weight excluding hydrogens is 300 g/mol. The lowest BCUT2D eigenvalue weighted by atomic mass is 10.1. The Bertz CT molecular complexity index is 716. The number of nitrogens with zero attached hydrogens (tertiary/aromatic N) is 1. The van der Waals surface area contributed by atoms with E-state index in [4.69, 9.17) is 0 Å². The first kappa shape index (κ1) is 17.7. The summed E-state index contributed by atoms with van der Waals surface area (Å²) in [5.74, 6) is -0.303. The van der Waals surface area contributed by atoms with Crippen molar-refractivity contribution in [1.29, 1.82) is 0 Å². The first-order valence-electron chi connectivity index (χ1n) is 8.04. The number of hydrogen-bond acceptors (Lipinski definition) is 2. The number of hydrogen-bond donors (Lipinski definition) is 1. The topological polar surface area (TPSA) is 49.4 Å². The van der Waals surface area contributed by atoms with Gasteiger partial charge in [0.1, 0.15) is 6.54 Å². The minimum atomic E-state index is -0.184. The largest absolute Gasteiger partial charge is 0.329 e. The highest BCUT2D eigenvalue weighted by Crippen LogP contribution is 2.21. The first-order chi connectivity index (χ1) is 11.4. The van der Waals surface area contributed by atoms with Crippen molar-refractivity contribution in [2.24, 2.45) is 0 Å². The molecule has 1 N–H and O–H groups in total. The summed E-state index contributed by atoms with van der Waals surface area (Å²) in [4.78, 5) is 25.8. The highest BCUT2D eigenvalue weighted by molar-refractivity contribution is 5.95. The molecule has 0 saturated heterocycles. The van der Waals surface area contributed by atoms with Gasteiger partial charge < -0.3 is 10.2 Å². The summed E-state index contributed by atoms with van der Waals surface area (Å²) in [5, 5.41) is 2.94. The number of nitrogens with one attached hydrogen (secondary N) is 1. The third kappa shape index (κ3) is 4.69. The third-order valence-corrected chi connectivity index (χ3v) is 3.94. The molecule has 4 heteroatoms. The summed E-state index contributed by atoms with van der Waals surface area (Å²) < 4.78 is 0. The highest BCUT2D eigenvalue weighted by Gasteiger charge is 2.15. The zero-order chi connectivity index (χ0) is 17.7. The SMILES string of the molecule is CC(=O)N(CC(=O)Nc1c(C)cc(C)cc1C)Cc1ccccc1. The van der Waals surface area contributed by atoms with E-state index in [-0.39, 0.29) is 18.4 Å². The smallest absolute Gasteiger partial charge is 0.244 e. The number of carbonyl (C=O) groups is 2. The predicted octanol–water partition coefficient (Wildman–Crippen LogP) is 3.60. The van der Waals surface area contributed by atoms with Gasteiger partial charge in [-0.15, -0.1) is 0 Å². The van der Waals surface area contributed by atoms with E-state index in [0.717, 1.165) is 27.9 Å². The molecule has 2 aromatic carbocycles. The van der Waals surface area contributed by atoms with E-state index in [2.05, 4.69) is 5.32 Å². The van der Waals surface area contributed by atoms with E-state index in [9.17, 15) is 9.59 Å². The van der Waals surface area contributed by atoms with Crippen LogP contribution in [0.25, 0.3) is 0 Å². The third-order valence-electron chi connectivity index (χ3n) is 3.94. The van der Waals surface area contributed by atoms with Crippen LogP contribution in [0.5, 0.6) is 0 Å². The second-order valence-electron chi connectivity index (χ2n) is 6.18. The zero-order valence-corrected chi connectivity index (χ0v) is 14.7. The van der Waals surface area contributed by atoms with Crippen molar-refractivity contribution in [3.05, 3.63) is 64.7 Å². The van der Waals surface area contributed by atoms with E-state index in [1.165, 1.54) is 6.92 Å². The van der Waals surface area contributed by atoms with E-state index in [1.54, 1.807) is 4.90 Å². The average Bonchev–Trinajstić information content (AvgIpc) is 2.51. The number of aryl methyl sites for hydroxylation is 3. The molecule has 0 aliphatic heterocycles. The van der Waals surface area contributed by atoms with Crippen LogP contribution in [0.3, 0.4) is 0 Å². The number of benzene rings is 2. The van der Waals surface area contributed by atoms with Crippen molar-refractivity contribution in [2.75, 3.05) is 11.9 Å². The Balaban J connectivity index is 2.07. The highest BCUT2D eigenvalue weighted by atomic mass is 16.2. The second-order valence-corrected chi connectivity index (χ2v) is 6.18. The van der Waals surface area contributed by atoms with Crippen LogP contribution >= 0.6 is 0 Å². The van der Waals surface area contributed by atoms with Crippen molar-refractivity contribution >= 4 is 17.5 Å². The number of carbonyl (C=O) groups excluding carboxylic acids is 2. The van der Waals surface area contributed by atoms with Gasteiger partial charge in [0.05, 0.1) is 0 Å². The Hall–Kier alpha value is -2.62. The molecular formula is C20H24N2O2. The Labute approximate surface area is 143 Å². The maximum absolute atomic E-state index is 12.4. The molecule has 0 atom stereocenters. The van der Waals surface area contributed by atoms with Crippen LogP contribution in [0.15, 0.2) is 42.5 Å². The standard InChI is InChI=1S/C20H24N2O2/c1-14-10-15(2)20(16(3)11-14)21-19(24)13-22(17(4)23)12-18-8-6-5-7-9-18/h5-11H,12-13H2,1-4H3,(H,21,24). The molecule has 0 aliphatic rings. The maximum atomic E-state index is 12.4. The summed E-state index contributed by atoms with van der Waals surface area (Å²) in [5.41, 5.74) is 5.05. The summed E-state index contributed by atoms with van der Waals surface area (Å²) in [7, 11) is 0. The van der Waals surface area contributed by atoms with Gasteiger partial charge in [-0.1, -0.05) is 48.0 Å². The molecule has 0 spiro atoms. The lowest BCUT2D eigenvalue weighted by Gasteiger charge is -2.21. The number of amides is 2. The summed E-state index contributed by atoms with van der Waals surface area (Å²) in [6.45, 7) is 7.93. The Morgan fingerprint density at radius 2 is 1.58 bits per heavy atom. The van der Waals surface area contributed by atoms with E-state index < -0.39 is 0 Å². The summed E-state index contributed by atoms with van der Waals surface area (Å²) in [6.07, 6.45) is 0. The molecule has 24 heavy (non-hydrogen) atoms. The Morgan fingerprint density at radius 1 is 1.00 bits per heavy atom. The first-order valence-corrected chi connectivity index (χ1v) is 8.04. The number of rotatable bonds is 5. The van der Waals surface area contributed by atoms with Crippen LogP contribution < -0.4 is 5.32 Å². The summed E-state index contributed by atoms with van der Waals surface area (Å²) >= 11 is 0. The molecule has 2 rings (SSSR count). The second kappa shape index (κ2) is 7.77. The molecule has 2 amide bonds. The minimum Gasteiger partial charge on any atom is -0.329 e. The molecule has 0 fully saturated rings. The molecule has 0 heterocycles. The Morgan fingerprint density at radius 3 is 2.12 bits per heavy atom. The average molecular weight is 324 g/mol. The molecule has 0 aliphatic carbocycles. The fraction of sp³-hybridized carbons (Fsp3) is 0.300. The van der Waals surface area contributed by atoms with Gasteiger partial charge in [-0.25, -0.2) is 0 Å². The zero-order valence-electron chi connectivity index (χ0n) is 14.7. The van der Waals surface area contributed by atoms with Crippen LogP contribution in [0.4, 0.5) is 5.69 Å². The van der Waals surface area contributed by atoms with Gasteiger partial charge in [-0.3, -0.25) is 9.59 Å². The van der Waals surface area contributed by atoms with Crippen LogP contribution in [-0.2, 0) is 16.1 Å². The van der Waals surface area contributed by atoms with Gasteiger partial charge in [0, 0.05) is 19.2 Å². The fourth-order valence-electron chi connectivity index (χ4n) is 2.81. The molecule has 2 aromatic rings. The fourth-order valence-corrected chi connectivity index (χ4v) is 2.81. The van der Waals surface area contributed by atoms with Gasteiger partial charge in [-0.2, -0.15) is 0 Å². The van der Waals surface area contributed by atoms with Gasteiger partial charge in [0.25, 0.3) is 0 Å². The van der Waals surface area contributed by atoms with Crippen molar-refractivity contribution in [3.63, 3.8) is 0 Å². The van der Waals surface area contributed by atoms with E-state index in [0.29, 0.717) is 6.54 Å². The lowest BCUT2D eigenvalue weighted by Crippen LogP contribution is -2.36. The van der Waals surface area contributed by atoms with Crippen molar-refractivity contribution in [1.82, 2.24) is 4.90 Å². The molecule has 0 saturated carbocycles. The van der Waals surface area contributed by atoms with Gasteiger partial charge in [0.15, 0.2) is 0 Å². The van der Waals surface area contributed by atoms with Crippen molar-refractivity contribution in [3.8, 4) is 0 Å². The van der Waals surface area contributed by atoms with Crippen LogP contribution in [0.2, 0.25) is 0 Å². The molecule has 0 bridgehead atoms. The molecule has 0 aromatic heterocycles. The predicted molar refractivity (Wildman–Crippen MR) is 96.8 cm³/mol. The Kier molecular flexibility index (Phi) is 5.74. The normalized spacial score (nSPS) is 10.3. The summed E-state index contributed by atoms with van der Waals surface area (Å²) in [6, 6.07) is 13.7. The van der Waals surface area contributed by atoms with Crippen LogP contribution in [0, 0.1) is 20.8 Å². The molecule has 0 unspecified atom stereocenters. The van der Waals surface area contributed by atoms with E-state index in [1.807, 2.05) is 63.2 Å². The monoisotopic (exact) mass is 324 g/mol. The molecule has 4 nitrogen and oxygen atoms in total.